The van der Waals surface area contributed by atoms with E-state index in [0.717, 1.165) is 24.2 Å². The molecule has 2 atom stereocenters. The molecule has 108 valence electrons. The van der Waals surface area contributed by atoms with Crippen LogP contribution in [0, 0.1) is 0 Å². The van der Waals surface area contributed by atoms with Gasteiger partial charge in [0.05, 0.1) is 11.8 Å². The predicted molar refractivity (Wildman–Crippen MR) is 77.5 cm³/mol. The Morgan fingerprint density at radius 1 is 1.39 bits per heavy atom. The summed E-state index contributed by atoms with van der Waals surface area (Å²) in [6.45, 7) is 4.02. The van der Waals surface area contributed by atoms with Crippen LogP contribution in [0.25, 0.3) is 0 Å². The number of sulfone groups is 1. The van der Waals surface area contributed by atoms with Gasteiger partial charge in [0, 0.05) is 12.3 Å². The molecule has 2 unspecified atom stereocenters. The number of hydrogen-bond acceptors (Lipinski definition) is 5. The number of rotatable bonds is 9. The summed E-state index contributed by atoms with van der Waals surface area (Å²) >= 11 is 1.82. The molecule has 0 fully saturated rings. The van der Waals surface area contributed by atoms with Gasteiger partial charge in [-0.05, 0) is 31.3 Å². The normalized spacial score (nSPS) is 15.1. The first-order valence-corrected chi connectivity index (χ1v) is 9.29. The molecule has 0 aromatic heterocycles. The molecule has 0 radical (unpaired) electrons. The lowest BCUT2D eigenvalue weighted by atomic mass is 10.2. The molecule has 0 spiro atoms. The Morgan fingerprint density at radius 2 is 2.00 bits per heavy atom. The minimum atomic E-state index is -3.06. The van der Waals surface area contributed by atoms with E-state index < -0.39 is 15.9 Å². The maximum absolute atomic E-state index is 11.7. The Labute approximate surface area is 114 Å². The van der Waals surface area contributed by atoms with Crippen molar-refractivity contribution in [3.8, 4) is 0 Å². The first-order valence-electron chi connectivity index (χ1n) is 6.07. The van der Waals surface area contributed by atoms with E-state index in [1.807, 2.05) is 18.7 Å². The Kier molecular flexibility index (Phi) is 8.64. The summed E-state index contributed by atoms with van der Waals surface area (Å²) in [5.74, 6) is 1.74. The molecule has 18 heavy (non-hydrogen) atoms. The Morgan fingerprint density at radius 3 is 2.50 bits per heavy atom. The largest absolute Gasteiger partial charge is 0.352 e. The maximum Gasteiger partial charge on any atom is 0.237 e. The lowest BCUT2D eigenvalue weighted by Gasteiger charge is -2.17. The van der Waals surface area contributed by atoms with Crippen LogP contribution in [0.15, 0.2) is 0 Å². The van der Waals surface area contributed by atoms with E-state index in [4.69, 9.17) is 5.73 Å². The number of carbonyl (C=O) groups is 1. The van der Waals surface area contributed by atoms with E-state index in [-0.39, 0.29) is 24.1 Å². The van der Waals surface area contributed by atoms with Crippen molar-refractivity contribution in [1.29, 1.82) is 0 Å². The number of nitrogens with two attached hydrogens (primary N) is 1. The highest BCUT2D eigenvalue weighted by molar-refractivity contribution is 7.99. The van der Waals surface area contributed by atoms with Gasteiger partial charge >= 0.3 is 0 Å². The van der Waals surface area contributed by atoms with Crippen molar-refractivity contribution in [1.82, 2.24) is 5.32 Å². The molecule has 3 N–H and O–H groups in total. The van der Waals surface area contributed by atoms with Gasteiger partial charge in [0.1, 0.15) is 9.84 Å². The maximum atomic E-state index is 11.7. The van der Waals surface area contributed by atoms with Gasteiger partial charge in [0.2, 0.25) is 5.91 Å². The summed E-state index contributed by atoms with van der Waals surface area (Å²) in [4.78, 5) is 11.7. The van der Waals surface area contributed by atoms with Crippen molar-refractivity contribution in [3.63, 3.8) is 0 Å². The predicted octanol–water partition coefficient (Wildman–Crippen LogP) is 0.396. The zero-order valence-electron chi connectivity index (χ0n) is 11.3. The second-order valence-corrected chi connectivity index (χ2v) is 8.07. The number of hydrogen-bond donors (Lipinski definition) is 2. The van der Waals surface area contributed by atoms with Crippen LogP contribution in [0.5, 0.6) is 0 Å². The molecule has 0 aromatic rings. The first-order chi connectivity index (χ1) is 8.26. The van der Waals surface area contributed by atoms with Crippen LogP contribution >= 0.6 is 11.8 Å². The van der Waals surface area contributed by atoms with Crippen molar-refractivity contribution in [2.45, 2.75) is 38.8 Å². The summed E-state index contributed by atoms with van der Waals surface area (Å²) in [6, 6.07) is -0.679. The van der Waals surface area contributed by atoms with E-state index in [9.17, 15) is 13.2 Å². The van der Waals surface area contributed by atoms with Gasteiger partial charge in [-0.25, -0.2) is 8.42 Å². The lowest BCUT2D eigenvalue weighted by Crippen LogP contribution is -2.45. The lowest BCUT2D eigenvalue weighted by molar-refractivity contribution is -0.123. The SMILES string of the molecule is CCSCCC(C)NC(=O)C(N)CCS(C)(=O)=O. The molecule has 1 amide bonds. The Hall–Kier alpha value is -0.270. The van der Waals surface area contributed by atoms with Gasteiger partial charge in [-0.1, -0.05) is 6.92 Å². The van der Waals surface area contributed by atoms with Crippen LogP contribution < -0.4 is 11.1 Å². The van der Waals surface area contributed by atoms with Crippen molar-refractivity contribution in [2.24, 2.45) is 5.73 Å². The monoisotopic (exact) mass is 296 g/mol. The van der Waals surface area contributed by atoms with Crippen molar-refractivity contribution in [2.75, 3.05) is 23.5 Å². The number of nitrogens with one attached hydrogen (secondary N) is 1. The van der Waals surface area contributed by atoms with E-state index in [0.29, 0.717) is 0 Å². The first kappa shape index (κ1) is 17.7. The van der Waals surface area contributed by atoms with Gasteiger partial charge in [0.25, 0.3) is 0 Å². The van der Waals surface area contributed by atoms with Crippen LogP contribution in [0.1, 0.15) is 26.7 Å². The van der Waals surface area contributed by atoms with Gasteiger partial charge < -0.3 is 11.1 Å². The topological polar surface area (TPSA) is 89.3 Å². The second-order valence-electron chi connectivity index (χ2n) is 4.42. The number of carbonyl (C=O) groups excluding carboxylic acids is 1. The standard InChI is InChI=1S/C11H24N2O3S2/c1-4-17-7-5-9(2)13-11(14)10(12)6-8-18(3,15)16/h9-10H,4-8,12H2,1-3H3,(H,13,14). The smallest absolute Gasteiger partial charge is 0.237 e. The minimum absolute atomic E-state index is 0.0539. The van der Waals surface area contributed by atoms with E-state index in [2.05, 4.69) is 12.2 Å². The molecule has 0 aliphatic carbocycles. The fourth-order valence-electron chi connectivity index (χ4n) is 1.30. The van der Waals surface area contributed by atoms with Crippen LogP contribution in [-0.2, 0) is 14.6 Å². The molecule has 0 aliphatic heterocycles. The highest BCUT2D eigenvalue weighted by atomic mass is 32.2. The molecular weight excluding hydrogens is 272 g/mol. The zero-order chi connectivity index (χ0) is 14.2. The molecule has 5 nitrogen and oxygen atoms in total. The van der Waals surface area contributed by atoms with E-state index in [1.165, 1.54) is 0 Å². The summed E-state index contributed by atoms with van der Waals surface area (Å²) in [6.07, 6.45) is 2.20. The van der Waals surface area contributed by atoms with Crippen LogP contribution in [-0.4, -0.2) is 49.9 Å². The third-order valence-corrected chi connectivity index (χ3v) is 4.33. The summed E-state index contributed by atoms with van der Waals surface area (Å²) in [7, 11) is -3.06. The molecule has 0 heterocycles. The fraction of sp³-hybridized carbons (Fsp3) is 0.909. The average Bonchev–Trinajstić information content (AvgIpc) is 2.25. The van der Waals surface area contributed by atoms with Crippen molar-refractivity contribution < 1.29 is 13.2 Å². The molecule has 0 aromatic carbocycles. The van der Waals surface area contributed by atoms with Crippen molar-refractivity contribution >= 4 is 27.5 Å². The molecule has 0 rings (SSSR count). The Balaban J connectivity index is 3.92. The molecular formula is C11H24N2O3S2. The molecule has 0 saturated heterocycles. The molecule has 0 saturated carbocycles. The molecule has 0 bridgehead atoms. The highest BCUT2D eigenvalue weighted by Gasteiger charge is 2.17. The van der Waals surface area contributed by atoms with Gasteiger partial charge in [-0.2, -0.15) is 11.8 Å². The second kappa shape index (κ2) is 8.77. The van der Waals surface area contributed by atoms with Crippen LogP contribution in [0.4, 0.5) is 0 Å². The van der Waals surface area contributed by atoms with Gasteiger partial charge in [-0.15, -0.1) is 0 Å². The zero-order valence-corrected chi connectivity index (χ0v) is 12.9. The third kappa shape index (κ3) is 9.73. The highest BCUT2D eigenvalue weighted by Crippen LogP contribution is 2.04. The van der Waals surface area contributed by atoms with Crippen LogP contribution in [0.3, 0.4) is 0 Å². The van der Waals surface area contributed by atoms with Gasteiger partial charge in [0.15, 0.2) is 0 Å². The van der Waals surface area contributed by atoms with Crippen LogP contribution in [0.2, 0.25) is 0 Å². The summed E-state index contributed by atoms with van der Waals surface area (Å²) < 4.78 is 21.9. The number of thioether (sulfide) groups is 1. The van der Waals surface area contributed by atoms with Crippen molar-refractivity contribution in [3.05, 3.63) is 0 Å². The average molecular weight is 296 g/mol. The quantitative estimate of drug-likeness (QED) is 0.601. The van der Waals surface area contributed by atoms with Gasteiger partial charge in [-0.3, -0.25) is 4.79 Å². The molecule has 7 heteroatoms. The minimum Gasteiger partial charge on any atom is -0.352 e. The van der Waals surface area contributed by atoms with E-state index >= 15 is 0 Å². The fourth-order valence-corrected chi connectivity index (χ4v) is 2.79. The summed E-state index contributed by atoms with van der Waals surface area (Å²) in [5, 5.41) is 2.80. The summed E-state index contributed by atoms with van der Waals surface area (Å²) in [5.41, 5.74) is 5.65. The Bertz CT molecular complexity index is 344. The number of amides is 1. The third-order valence-electron chi connectivity index (χ3n) is 2.42. The molecule has 0 aliphatic rings. The van der Waals surface area contributed by atoms with E-state index in [1.54, 1.807) is 0 Å².